The van der Waals surface area contributed by atoms with Crippen molar-refractivity contribution in [3.8, 4) is 0 Å². The van der Waals surface area contributed by atoms with Crippen LogP contribution in [0.3, 0.4) is 0 Å². The summed E-state index contributed by atoms with van der Waals surface area (Å²) in [6, 6.07) is 0. The lowest BCUT2D eigenvalue weighted by Crippen LogP contribution is -2.32. The zero-order valence-corrected chi connectivity index (χ0v) is 8.19. The van der Waals surface area contributed by atoms with Crippen LogP contribution in [0, 0.1) is 0 Å². The predicted octanol–water partition coefficient (Wildman–Crippen LogP) is 2.12. The Morgan fingerprint density at radius 2 is 1.88 bits per heavy atom. The number of halogens is 3. The fraction of sp³-hybridized carbons (Fsp3) is 1.00. The number of alkyl halides is 1. The molecule has 0 aliphatic rings. The van der Waals surface area contributed by atoms with Gasteiger partial charge in [0.2, 0.25) is 0 Å². The van der Waals surface area contributed by atoms with Crippen LogP contribution in [0.4, 0.5) is 0 Å². The van der Waals surface area contributed by atoms with Crippen molar-refractivity contribution in [1.29, 1.82) is 0 Å². The molecule has 0 rings (SSSR count). The van der Waals surface area contributed by atoms with Crippen LogP contribution < -0.4 is 0 Å². The van der Waals surface area contributed by atoms with Gasteiger partial charge in [0.1, 0.15) is 7.28 Å². The second-order valence-corrected chi connectivity index (χ2v) is 10.6. The van der Waals surface area contributed by atoms with E-state index in [1.807, 2.05) is 13.4 Å². The van der Waals surface area contributed by atoms with Crippen LogP contribution in [0.1, 0.15) is 0 Å². The molecule has 0 heterocycles. The van der Waals surface area contributed by atoms with Crippen LogP contribution in [-0.2, 0) is 0 Å². The molecule has 0 amide bonds. The molecule has 0 aliphatic heterocycles. The highest BCUT2D eigenvalue weighted by Crippen LogP contribution is 2.22. The van der Waals surface area contributed by atoms with Crippen molar-refractivity contribution in [2.45, 2.75) is 18.3 Å². The average Bonchev–Trinajstić information content (AvgIpc) is 1.62. The monoisotopic (exact) mass is 188 g/mol. The molecule has 0 aromatic rings. The zero-order valence-electron chi connectivity index (χ0n) is 4.92. The fourth-order valence-electron chi connectivity index (χ4n) is 0.358. The molecule has 0 nitrogen and oxygen atoms in total. The van der Waals surface area contributed by atoms with E-state index in [9.17, 15) is 0 Å². The van der Waals surface area contributed by atoms with Crippen LogP contribution in [0.15, 0.2) is 0 Å². The van der Waals surface area contributed by atoms with Crippen molar-refractivity contribution >= 4 is 47.7 Å². The van der Waals surface area contributed by atoms with Crippen LogP contribution in [0.5, 0.6) is 0 Å². The van der Waals surface area contributed by atoms with E-state index in [1.54, 1.807) is 0 Å². The van der Waals surface area contributed by atoms with Gasteiger partial charge in [-0.05, 0) is 6.55 Å². The minimum atomic E-state index is -2.05. The summed E-state index contributed by atoms with van der Waals surface area (Å²) in [7, 11) is 0.858. The molecule has 0 aromatic heterocycles. The lowest BCUT2D eigenvalue weighted by molar-refractivity contribution is 1.75. The summed E-state index contributed by atoms with van der Waals surface area (Å²) in [4.78, 5) is -0.00849. The molecule has 0 saturated heterocycles. The largest absolute Gasteiger partial charge is 0.258 e. The molecule has 0 N–H and O–H groups in total. The molecule has 5 heteroatoms. The summed E-state index contributed by atoms with van der Waals surface area (Å²) >= 11 is 17.3. The van der Waals surface area contributed by atoms with Gasteiger partial charge in [-0.15, -0.1) is 33.8 Å². The first kappa shape index (κ1) is 9.15. The van der Waals surface area contributed by atoms with Crippen LogP contribution in [0.25, 0.3) is 0 Å². The van der Waals surface area contributed by atoms with Gasteiger partial charge in [0.15, 0.2) is 0 Å². The first-order valence-electron chi connectivity index (χ1n) is 2.50. The van der Waals surface area contributed by atoms with Gasteiger partial charge in [0, 0.05) is 4.90 Å². The van der Waals surface area contributed by atoms with E-state index in [-0.39, 0.29) is 4.90 Å². The molecule has 0 radical (unpaired) electrons. The van der Waals surface area contributed by atoms with Gasteiger partial charge in [0.05, 0.1) is 0 Å². The summed E-state index contributed by atoms with van der Waals surface area (Å²) in [5, 5.41) is 0. The van der Waals surface area contributed by atoms with Gasteiger partial charge >= 0.3 is 0 Å². The molecule has 1 unspecified atom stereocenters. The fourth-order valence-corrected chi connectivity index (χ4v) is 2.00. The standard InChI is InChI=1S/C3H8BCl3Si/c1-4-3(5)8(2,6)7/h3-4H,1-2H3. The van der Waals surface area contributed by atoms with E-state index < -0.39 is 6.69 Å². The van der Waals surface area contributed by atoms with Crippen LogP contribution >= 0.6 is 33.8 Å². The van der Waals surface area contributed by atoms with Gasteiger partial charge in [-0.2, -0.15) is 0 Å². The van der Waals surface area contributed by atoms with Gasteiger partial charge < -0.3 is 0 Å². The SMILES string of the molecule is CBC(Cl)[Si](C)(Cl)Cl. The summed E-state index contributed by atoms with van der Waals surface area (Å²) in [5.74, 6) is 0. The predicted molar refractivity (Wildman–Crippen MR) is 46.0 cm³/mol. The van der Waals surface area contributed by atoms with Crippen molar-refractivity contribution in [3.63, 3.8) is 0 Å². The van der Waals surface area contributed by atoms with Gasteiger partial charge in [0.25, 0.3) is 6.69 Å². The maximum Gasteiger partial charge on any atom is 0.258 e. The first-order valence-corrected chi connectivity index (χ1v) is 7.54. The van der Waals surface area contributed by atoms with Gasteiger partial charge in [-0.3, -0.25) is 0 Å². The minimum Gasteiger partial charge on any atom is -0.145 e. The Hall–Kier alpha value is 1.15. The molecule has 0 fully saturated rings. The Morgan fingerprint density at radius 1 is 1.50 bits per heavy atom. The van der Waals surface area contributed by atoms with Crippen molar-refractivity contribution in [2.24, 2.45) is 0 Å². The molecule has 0 spiro atoms. The Labute approximate surface area is 66.2 Å². The molecule has 1 atom stereocenters. The topological polar surface area (TPSA) is 0 Å². The number of rotatable bonds is 2. The third-order valence-electron chi connectivity index (χ3n) is 0.908. The van der Waals surface area contributed by atoms with E-state index >= 15 is 0 Å². The summed E-state index contributed by atoms with van der Waals surface area (Å²) in [6.07, 6.45) is 0. The molecular weight excluding hydrogens is 181 g/mol. The van der Waals surface area contributed by atoms with Crippen LogP contribution in [0.2, 0.25) is 13.4 Å². The Bertz CT molecular complexity index is 71.4. The first-order chi connectivity index (χ1) is 3.48. The second kappa shape index (κ2) is 3.35. The number of hydrogen-bond donors (Lipinski definition) is 0. The average molecular weight is 189 g/mol. The van der Waals surface area contributed by atoms with Crippen molar-refractivity contribution in [1.82, 2.24) is 0 Å². The smallest absolute Gasteiger partial charge is 0.145 e. The third-order valence-corrected chi connectivity index (χ3v) is 6.29. The summed E-state index contributed by atoms with van der Waals surface area (Å²) < 4.78 is 0. The molecule has 48 valence electrons. The second-order valence-electron chi connectivity index (χ2n) is 1.83. The van der Waals surface area contributed by atoms with Crippen molar-refractivity contribution in [3.05, 3.63) is 0 Å². The van der Waals surface area contributed by atoms with E-state index in [1.165, 1.54) is 0 Å². The minimum absolute atomic E-state index is 0.00849. The van der Waals surface area contributed by atoms with Gasteiger partial charge in [-0.1, -0.05) is 6.82 Å². The highest BCUT2D eigenvalue weighted by molar-refractivity contribution is 7.48. The normalized spacial score (nSPS) is 15.6. The van der Waals surface area contributed by atoms with E-state index in [4.69, 9.17) is 33.8 Å². The molecular formula is C3H8BCl3Si. The van der Waals surface area contributed by atoms with E-state index in [2.05, 4.69) is 0 Å². The summed E-state index contributed by atoms with van der Waals surface area (Å²) in [6.45, 7) is 1.76. The Balaban J connectivity index is 3.62. The highest BCUT2D eigenvalue weighted by Gasteiger charge is 2.30. The highest BCUT2D eigenvalue weighted by atomic mass is 35.7. The quantitative estimate of drug-likeness (QED) is 0.355. The molecule has 8 heavy (non-hydrogen) atoms. The van der Waals surface area contributed by atoms with Crippen molar-refractivity contribution in [2.75, 3.05) is 0 Å². The van der Waals surface area contributed by atoms with Crippen molar-refractivity contribution < 1.29 is 0 Å². The lowest BCUT2D eigenvalue weighted by atomic mass is 9.86. The molecule has 0 aromatic carbocycles. The molecule has 0 saturated carbocycles. The Morgan fingerprint density at radius 3 is 1.88 bits per heavy atom. The number of hydrogen-bond acceptors (Lipinski definition) is 0. The van der Waals surface area contributed by atoms with E-state index in [0.717, 1.165) is 7.28 Å². The van der Waals surface area contributed by atoms with Crippen LogP contribution in [-0.4, -0.2) is 18.9 Å². The van der Waals surface area contributed by atoms with Gasteiger partial charge in [-0.25, -0.2) is 0 Å². The maximum absolute atomic E-state index is 5.76. The molecule has 0 aliphatic carbocycles. The zero-order chi connectivity index (χ0) is 6.78. The maximum atomic E-state index is 5.76. The Kier molecular flexibility index (Phi) is 3.84. The lowest BCUT2D eigenvalue weighted by Gasteiger charge is -2.13. The molecule has 0 bridgehead atoms. The van der Waals surface area contributed by atoms with E-state index in [0.29, 0.717) is 0 Å². The summed E-state index contributed by atoms with van der Waals surface area (Å²) in [5.41, 5.74) is 0. The third kappa shape index (κ3) is 3.23.